The second-order valence-corrected chi connectivity index (χ2v) is 7.44. The molecule has 0 aliphatic heterocycles. The van der Waals surface area contributed by atoms with Crippen molar-refractivity contribution < 1.29 is 23.5 Å². The summed E-state index contributed by atoms with van der Waals surface area (Å²) < 4.78 is 21.7. The Kier molecular flexibility index (Phi) is 8.21. The first-order valence-electron chi connectivity index (χ1n) is 10.5. The molecule has 0 saturated carbocycles. The largest absolute Gasteiger partial charge is 0.493 e. The Bertz CT molecular complexity index is 1010. The second-order valence-electron chi connectivity index (χ2n) is 7.44. The normalized spacial score (nSPS) is 12.8. The van der Waals surface area contributed by atoms with Crippen LogP contribution in [-0.4, -0.2) is 36.9 Å². The molecular formula is C24H29N3O5. The maximum absolute atomic E-state index is 12.5. The van der Waals surface area contributed by atoms with Gasteiger partial charge in [-0.2, -0.15) is 4.98 Å². The molecule has 8 nitrogen and oxygen atoms in total. The van der Waals surface area contributed by atoms with Gasteiger partial charge in [-0.25, -0.2) is 0 Å². The van der Waals surface area contributed by atoms with Crippen LogP contribution in [-0.2, 0) is 16.1 Å². The molecule has 3 aromatic rings. The molecule has 0 saturated heterocycles. The smallest absolute Gasteiger partial charge is 0.249 e. The summed E-state index contributed by atoms with van der Waals surface area (Å²) in [5.41, 5.74) is 1.73. The number of nitrogens with one attached hydrogen (secondary N) is 1. The quantitative estimate of drug-likeness (QED) is 0.479. The van der Waals surface area contributed by atoms with Gasteiger partial charge in [0.15, 0.2) is 11.5 Å². The van der Waals surface area contributed by atoms with E-state index in [4.69, 9.17) is 18.7 Å². The van der Waals surface area contributed by atoms with Crippen molar-refractivity contribution >= 4 is 5.91 Å². The van der Waals surface area contributed by atoms with Gasteiger partial charge in [0.05, 0.1) is 20.8 Å². The van der Waals surface area contributed by atoms with Gasteiger partial charge in [0, 0.05) is 5.56 Å². The van der Waals surface area contributed by atoms with Gasteiger partial charge < -0.3 is 24.1 Å². The highest BCUT2D eigenvalue weighted by Crippen LogP contribution is 2.32. The van der Waals surface area contributed by atoms with Crippen LogP contribution in [0.4, 0.5) is 0 Å². The minimum absolute atomic E-state index is 0.0570. The van der Waals surface area contributed by atoms with Gasteiger partial charge in [-0.3, -0.25) is 4.79 Å². The van der Waals surface area contributed by atoms with Crippen molar-refractivity contribution in [3.63, 3.8) is 0 Å². The number of nitrogens with zero attached hydrogens (tertiary/aromatic N) is 2. The lowest BCUT2D eigenvalue weighted by molar-refractivity contribution is -0.127. The number of aromatic nitrogens is 2. The standard InChI is InChI=1S/C24H29N3O5/c1-5-16(2)22(25-21(28)15-31-14-17-9-7-6-8-10-17)24-26-23(27-32-24)18-11-12-19(29-3)20(13-18)30-4/h6-13,16,22H,5,14-15H2,1-4H3,(H,25,28). The summed E-state index contributed by atoms with van der Waals surface area (Å²) in [5.74, 6) is 1.78. The Hall–Kier alpha value is -3.39. The van der Waals surface area contributed by atoms with E-state index in [0.29, 0.717) is 29.8 Å². The molecule has 170 valence electrons. The lowest BCUT2D eigenvalue weighted by Crippen LogP contribution is -2.35. The number of amides is 1. The predicted octanol–water partition coefficient (Wildman–Crippen LogP) is 4.17. The molecule has 8 heteroatoms. The van der Waals surface area contributed by atoms with Crippen molar-refractivity contribution in [3.05, 3.63) is 60.0 Å². The number of carbonyl (C=O) groups is 1. The Morgan fingerprint density at radius 3 is 2.53 bits per heavy atom. The van der Waals surface area contributed by atoms with Crippen molar-refractivity contribution in [2.24, 2.45) is 5.92 Å². The zero-order valence-corrected chi connectivity index (χ0v) is 18.8. The number of hydrogen-bond donors (Lipinski definition) is 1. The molecular weight excluding hydrogens is 410 g/mol. The Labute approximate surface area is 187 Å². The molecule has 0 spiro atoms. The number of rotatable bonds is 11. The second kappa shape index (κ2) is 11.3. The van der Waals surface area contributed by atoms with Crippen molar-refractivity contribution in [1.82, 2.24) is 15.5 Å². The highest BCUT2D eigenvalue weighted by molar-refractivity contribution is 5.77. The first-order chi connectivity index (χ1) is 15.5. The van der Waals surface area contributed by atoms with Crippen LogP contribution in [0.1, 0.15) is 37.8 Å². The summed E-state index contributed by atoms with van der Waals surface area (Å²) in [5, 5.41) is 7.07. The molecule has 1 amide bonds. The molecule has 1 heterocycles. The Morgan fingerprint density at radius 2 is 1.84 bits per heavy atom. The fourth-order valence-corrected chi connectivity index (χ4v) is 3.19. The number of methoxy groups -OCH3 is 2. The van der Waals surface area contributed by atoms with Crippen molar-refractivity contribution in [2.45, 2.75) is 32.9 Å². The van der Waals surface area contributed by atoms with Crippen LogP contribution < -0.4 is 14.8 Å². The number of carbonyl (C=O) groups excluding carboxylic acids is 1. The van der Waals surface area contributed by atoms with Crippen LogP contribution in [0.2, 0.25) is 0 Å². The fourth-order valence-electron chi connectivity index (χ4n) is 3.19. The molecule has 0 aliphatic rings. The maximum Gasteiger partial charge on any atom is 0.249 e. The number of ether oxygens (including phenoxy) is 3. The monoisotopic (exact) mass is 439 g/mol. The molecule has 32 heavy (non-hydrogen) atoms. The summed E-state index contributed by atoms with van der Waals surface area (Å²) in [6.07, 6.45) is 0.823. The summed E-state index contributed by atoms with van der Waals surface area (Å²) in [6.45, 7) is 4.38. The highest BCUT2D eigenvalue weighted by Gasteiger charge is 2.26. The summed E-state index contributed by atoms with van der Waals surface area (Å²) in [6, 6.07) is 14.7. The van der Waals surface area contributed by atoms with Crippen LogP contribution in [0.25, 0.3) is 11.4 Å². The van der Waals surface area contributed by atoms with E-state index >= 15 is 0 Å². The van der Waals surface area contributed by atoms with E-state index in [-0.39, 0.29) is 18.4 Å². The molecule has 0 bridgehead atoms. The average Bonchev–Trinajstić information content (AvgIpc) is 3.32. The van der Waals surface area contributed by atoms with E-state index in [2.05, 4.69) is 15.5 Å². The van der Waals surface area contributed by atoms with Crippen LogP contribution in [0, 0.1) is 5.92 Å². The average molecular weight is 440 g/mol. The first kappa shape index (κ1) is 23.3. The zero-order valence-electron chi connectivity index (χ0n) is 18.8. The van der Waals surface area contributed by atoms with Crippen molar-refractivity contribution in [1.29, 1.82) is 0 Å². The van der Waals surface area contributed by atoms with Gasteiger partial charge in [0.1, 0.15) is 12.6 Å². The van der Waals surface area contributed by atoms with Gasteiger partial charge in [0.2, 0.25) is 17.6 Å². The number of hydrogen-bond acceptors (Lipinski definition) is 7. The Balaban J connectivity index is 1.68. The van der Waals surface area contributed by atoms with E-state index in [9.17, 15) is 4.79 Å². The molecule has 1 aromatic heterocycles. The van der Waals surface area contributed by atoms with Gasteiger partial charge in [-0.1, -0.05) is 55.8 Å². The van der Waals surface area contributed by atoms with E-state index in [1.54, 1.807) is 26.4 Å². The van der Waals surface area contributed by atoms with Crippen LogP contribution >= 0.6 is 0 Å². The number of benzene rings is 2. The highest BCUT2D eigenvalue weighted by atomic mass is 16.5. The summed E-state index contributed by atoms with van der Waals surface area (Å²) >= 11 is 0. The van der Waals surface area contributed by atoms with Crippen molar-refractivity contribution in [2.75, 3.05) is 20.8 Å². The van der Waals surface area contributed by atoms with Crippen LogP contribution in [0.15, 0.2) is 53.1 Å². The third-order valence-corrected chi connectivity index (χ3v) is 5.22. The summed E-state index contributed by atoms with van der Waals surface area (Å²) in [7, 11) is 3.14. The van der Waals surface area contributed by atoms with E-state index in [1.165, 1.54) is 0 Å². The van der Waals surface area contributed by atoms with Gasteiger partial charge >= 0.3 is 0 Å². The minimum Gasteiger partial charge on any atom is -0.493 e. The van der Waals surface area contributed by atoms with Gasteiger partial charge in [-0.05, 0) is 29.7 Å². The molecule has 2 unspecified atom stereocenters. The first-order valence-corrected chi connectivity index (χ1v) is 10.5. The third kappa shape index (κ3) is 5.85. The van der Waals surface area contributed by atoms with Crippen LogP contribution in [0.3, 0.4) is 0 Å². The summed E-state index contributed by atoms with van der Waals surface area (Å²) in [4.78, 5) is 17.0. The molecule has 0 fully saturated rings. The molecule has 3 rings (SSSR count). The minimum atomic E-state index is -0.422. The molecule has 0 radical (unpaired) electrons. The zero-order chi connectivity index (χ0) is 22.9. The molecule has 1 N–H and O–H groups in total. The topological polar surface area (TPSA) is 95.7 Å². The Morgan fingerprint density at radius 1 is 1.09 bits per heavy atom. The lowest BCUT2D eigenvalue weighted by Gasteiger charge is -2.20. The lowest BCUT2D eigenvalue weighted by atomic mass is 9.99. The fraction of sp³-hybridized carbons (Fsp3) is 0.375. The molecule has 2 atom stereocenters. The molecule has 2 aromatic carbocycles. The third-order valence-electron chi connectivity index (χ3n) is 5.22. The maximum atomic E-state index is 12.5. The van der Waals surface area contributed by atoms with Gasteiger partial charge in [-0.15, -0.1) is 0 Å². The van der Waals surface area contributed by atoms with Crippen molar-refractivity contribution in [3.8, 4) is 22.9 Å². The van der Waals surface area contributed by atoms with Gasteiger partial charge in [0.25, 0.3) is 0 Å². The van der Waals surface area contributed by atoms with E-state index in [1.807, 2.05) is 50.2 Å². The molecule has 0 aliphatic carbocycles. The van der Waals surface area contributed by atoms with E-state index in [0.717, 1.165) is 17.5 Å². The predicted molar refractivity (Wildman–Crippen MR) is 119 cm³/mol. The SMILES string of the molecule is CCC(C)C(NC(=O)COCc1ccccc1)c1nc(-c2ccc(OC)c(OC)c2)no1. The van der Waals surface area contributed by atoms with E-state index < -0.39 is 6.04 Å². The van der Waals surface area contributed by atoms with Crippen LogP contribution in [0.5, 0.6) is 11.5 Å².